The fraction of sp³-hybridized carbons (Fsp3) is 0.667. The number of unbranched alkanes of at least 4 members (excludes halogenated alkanes) is 1. The van der Waals surface area contributed by atoms with Gasteiger partial charge in [0.25, 0.3) is 0 Å². The molecule has 0 amide bonds. The van der Waals surface area contributed by atoms with Gasteiger partial charge in [-0.1, -0.05) is 13.3 Å². The van der Waals surface area contributed by atoms with Crippen molar-refractivity contribution in [3.8, 4) is 0 Å². The van der Waals surface area contributed by atoms with E-state index in [1.807, 2.05) is 0 Å². The van der Waals surface area contributed by atoms with Crippen LogP contribution in [-0.2, 0) is 0 Å². The summed E-state index contributed by atoms with van der Waals surface area (Å²) >= 11 is 5.28. The van der Waals surface area contributed by atoms with Gasteiger partial charge in [0.05, 0.1) is 6.04 Å². The summed E-state index contributed by atoms with van der Waals surface area (Å²) in [5.41, 5.74) is 6.10. The average Bonchev–Trinajstić information content (AvgIpc) is 2.61. The summed E-state index contributed by atoms with van der Waals surface area (Å²) in [7, 11) is 2.16. The van der Waals surface area contributed by atoms with Crippen LogP contribution in [0.1, 0.15) is 37.6 Å². The maximum atomic E-state index is 6.10. The van der Waals surface area contributed by atoms with Crippen LogP contribution >= 0.6 is 27.3 Å². The highest BCUT2D eigenvalue weighted by molar-refractivity contribution is 9.10. The van der Waals surface area contributed by atoms with E-state index in [4.69, 9.17) is 5.73 Å². The zero-order chi connectivity index (χ0) is 12.1. The molecule has 1 heterocycles. The van der Waals surface area contributed by atoms with Gasteiger partial charge in [0.15, 0.2) is 0 Å². The van der Waals surface area contributed by atoms with Gasteiger partial charge in [0.2, 0.25) is 0 Å². The Morgan fingerprint density at radius 2 is 2.25 bits per heavy atom. The average molecular weight is 305 g/mol. The number of nitrogens with zero attached hydrogens (tertiary/aromatic N) is 1. The second-order valence-corrected chi connectivity index (χ2v) is 6.16. The summed E-state index contributed by atoms with van der Waals surface area (Å²) in [5, 5.41) is 2.12. The number of hydrogen-bond acceptors (Lipinski definition) is 3. The predicted octanol–water partition coefficient (Wildman–Crippen LogP) is 3.63. The van der Waals surface area contributed by atoms with Crippen molar-refractivity contribution >= 4 is 27.3 Å². The molecule has 2 N–H and O–H groups in total. The number of rotatable bonds is 6. The third-order valence-electron chi connectivity index (χ3n) is 2.72. The van der Waals surface area contributed by atoms with Gasteiger partial charge in [-0.05, 0) is 48.9 Å². The number of nitrogens with two attached hydrogens (primary N) is 1. The summed E-state index contributed by atoms with van der Waals surface area (Å²) in [6.07, 6.45) is 2.45. The lowest BCUT2D eigenvalue weighted by molar-refractivity contribution is 0.219. The predicted molar refractivity (Wildman–Crippen MR) is 75.9 cm³/mol. The van der Waals surface area contributed by atoms with E-state index in [0.29, 0.717) is 6.04 Å². The maximum absolute atomic E-state index is 6.10. The van der Waals surface area contributed by atoms with E-state index >= 15 is 0 Å². The van der Waals surface area contributed by atoms with Gasteiger partial charge >= 0.3 is 0 Å². The minimum atomic E-state index is 0.160. The Morgan fingerprint density at radius 3 is 2.69 bits per heavy atom. The van der Waals surface area contributed by atoms with Crippen LogP contribution in [0.25, 0.3) is 0 Å². The highest BCUT2D eigenvalue weighted by Crippen LogP contribution is 2.30. The summed E-state index contributed by atoms with van der Waals surface area (Å²) in [5.74, 6) is 0. The summed E-state index contributed by atoms with van der Waals surface area (Å²) in [6, 6.07) is 2.68. The number of thiophene rings is 1. The first kappa shape index (κ1) is 14.2. The fourth-order valence-electron chi connectivity index (χ4n) is 1.91. The molecule has 0 aromatic carbocycles. The van der Waals surface area contributed by atoms with Crippen LogP contribution in [0.5, 0.6) is 0 Å². The minimum absolute atomic E-state index is 0.160. The van der Waals surface area contributed by atoms with Crippen LogP contribution in [0.3, 0.4) is 0 Å². The standard InChI is InChI=1S/C12H21BrN2S/c1-4-5-6-15(3)12(9(2)14)11-7-10(13)8-16-11/h7-9,12H,4-6,14H2,1-3H3. The summed E-state index contributed by atoms with van der Waals surface area (Å²) in [6.45, 7) is 5.41. The first-order valence-electron chi connectivity index (χ1n) is 5.76. The molecule has 0 aliphatic carbocycles. The van der Waals surface area contributed by atoms with E-state index in [-0.39, 0.29) is 6.04 Å². The van der Waals surface area contributed by atoms with Crippen LogP contribution in [0.2, 0.25) is 0 Å². The van der Waals surface area contributed by atoms with Crippen LogP contribution in [0.15, 0.2) is 15.9 Å². The second kappa shape index (κ2) is 6.74. The van der Waals surface area contributed by atoms with Crippen LogP contribution in [0, 0.1) is 0 Å². The summed E-state index contributed by atoms with van der Waals surface area (Å²) < 4.78 is 1.15. The molecule has 0 radical (unpaired) electrons. The van der Waals surface area contributed by atoms with Crippen LogP contribution in [-0.4, -0.2) is 24.5 Å². The van der Waals surface area contributed by atoms with Crippen molar-refractivity contribution in [3.63, 3.8) is 0 Å². The Bertz CT molecular complexity index is 312. The Morgan fingerprint density at radius 1 is 1.56 bits per heavy atom. The highest BCUT2D eigenvalue weighted by Gasteiger charge is 2.22. The monoisotopic (exact) mass is 304 g/mol. The largest absolute Gasteiger partial charge is 0.326 e. The third-order valence-corrected chi connectivity index (χ3v) is 4.48. The van der Waals surface area contributed by atoms with E-state index in [0.717, 1.165) is 11.0 Å². The molecule has 1 aromatic rings. The third kappa shape index (κ3) is 3.84. The normalized spacial score (nSPS) is 15.4. The number of hydrogen-bond donors (Lipinski definition) is 1. The molecule has 4 heteroatoms. The van der Waals surface area contributed by atoms with Crippen molar-refractivity contribution in [2.45, 2.75) is 38.8 Å². The minimum Gasteiger partial charge on any atom is -0.326 e. The molecule has 2 nitrogen and oxygen atoms in total. The van der Waals surface area contributed by atoms with E-state index in [1.54, 1.807) is 11.3 Å². The van der Waals surface area contributed by atoms with Crippen molar-refractivity contribution in [1.82, 2.24) is 4.90 Å². The van der Waals surface area contributed by atoms with Crippen LogP contribution in [0.4, 0.5) is 0 Å². The SMILES string of the molecule is CCCCN(C)C(c1cc(Br)cs1)C(C)N. The molecule has 0 spiro atoms. The molecule has 1 aromatic heterocycles. The fourth-order valence-corrected chi connectivity index (χ4v) is 3.63. The van der Waals surface area contributed by atoms with Crippen molar-refractivity contribution < 1.29 is 0 Å². The molecule has 2 atom stereocenters. The smallest absolute Gasteiger partial charge is 0.0588 e. The van der Waals surface area contributed by atoms with Gasteiger partial charge in [-0.2, -0.15) is 0 Å². The van der Waals surface area contributed by atoms with Gasteiger partial charge < -0.3 is 5.73 Å². The van der Waals surface area contributed by atoms with Gasteiger partial charge in [0, 0.05) is 20.8 Å². The molecule has 0 aliphatic rings. The number of likely N-dealkylation sites (N-methyl/N-ethyl adjacent to an activating group) is 1. The van der Waals surface area contributed by atoms with Gasteiger partial charge in [0.1, 0.15) is 0 Å². The zero-order valence-corrected chi connectivity index (χ0v) is 12.6. The molecule has 0 fully saturated rings. The first-order valence-corrected chi connectivity index (χ1v) is 7.43. The topological polar surface area (TPSA) is 29.3 Å². The maximum Gasteiger partial charge on any atom is 0.0588 e. The Labute approximate surface area is 111 Å². The Hall–Kier alpha value is 0.1000. The quantitative estimate of drug-likeness (QED) is 0.869. The van der Waals surface area contributed by atoms with Crippen molar-refractivity contribution in [1.29, 1.82) is 0 Å². The van der Waals surface area contributed by atoms with Gasteiger partial charge in [-0.15, -0.1) is 11.3 Å². The molecule has 0 saturated heterocycles. The molecule has 2 unspecified atom stereocenters. The molecule has 0 saturated carbocycles. The first-order chi connectivity index (χ1) is 7.56. The Balaban J connectivity index is 2.74. The summed E-state index contributed by atoms with van der Waals surface area (Å²) in [4.78, 5) is 3.72. The molecular weight excluding hydrogens is 284 g/mol. The van der Waals surface area contributed by atoms with Crippen molar-refractivity contribution in [2.75, 3.05) is 13.6 Å². The molecule has 1 rings (SSSR count). The van der Waals surface area contributed by atoms with E-state index in [1.165, 1.54) is 17.7 Å². The van der Waals surface area contributed by atoms with E-state index < -0.39 is 0 Å². The Kier molecular flexibility index (Phi) is 5.97. The second-order valence-electron chi connectivity index (χ2n) is 4.31. The van der Waals surface area contributed by atoms with Gasteiger partial charge in [-0.25, -0.2) is 0 Å². The van der Waals surface area contributed by atoms with E-state index in [9.17, 15) is 0 Å². The van der Waals surface area contributed by atoms with E-state index in [2.05, 4.69) is 53.2 Å². The van der Waals surface area contributed by atoms with Gasteiger partial charge in [-0.3, -0.25) is 4.90 Å². The lowest BCUT2D eigenvalue weighted by Gasteiger charge is -2.30. The lowest BCUT2D eigenvalue weighted by atomic mass is 10.1. The highest BCUT2D eigenvalue weighted by atomic mass is 79.9. The van der Waals surface area contributed by atoms with Crippen molar-refractivity contribution in [2.24, 2.45) is 5.73 Å². The molecule has 92 valence electrons. The molecule has 16 heavy (non-hydrogen) atoms. The molecule has 0 aliphatic heterocycles. The zero-order valence-electron chi connectivity index (χ0n) is 10.2. The molecule has 0 bridgehead atoms. The van der Waals surface area contributed by atoms with Crippen LogP contribution < -0.4 is 5.73 Å². The number of halogens is 1. The molecular formula is C12H21BrN2S. The lowest BCUT2D eigenvalue weighted by Crippen LogP contribution is -2.37. The van der Waals surface area contributed by atoms with Crippen molar-refractivity contribution in [3.05, 3.63) is 20.8 Å².